The van der Waals surface area contributed by atoms with Gasteiger partial charge in [0.15, 0.2) is 5.78 Å². The van der Waals surface area contributed by atoms with Gasteiger partial charge in [-0.15, -0.1) is 0 Å². The fraction of sp³-hybridized carbons (Fsp3) is 0.125. The first-order valence-corrected chi connectivity index (χ1v) is 10.3. The second-order valence-electron chi connectivity index (χ2n) is 7.77. The molecule has 0 amide bonds. The van der Waals surface area contributed by atoms with Crippen LogP contribution in [0, 0.1) is 12.7 Å². The molecule has 2 aromatic heterocycles. The zero-order chi connectivity index (χ0) is 22.6. The number of rotatable bonds is 4. The molecule has 0 unspecified atom stereocenters. The van der Waals surface area contributed by atoms with Crippen LogP contribution in [-0.2, 0) is 11.3 Å². The second kappa shape index (κ2) is 7.46. The van der Waals surface area contributed by atoms with E-state index in [0.29, 0.717) is 38.2 Å². The molecular formula is C24H17ClFN3O3. The number of carboxylic acids is 1. The number of hydrogen-bond donors (Lipinski definition) is 2. The lowest BCUT2D eigenvalue weighted by atomic mass is 9.93. The van der Waals surface area contributed by atoms with Gasteiger partial charge in [0.2, 0.25) is 0 Å². The highest BCUT2D eigenvalue weighted by Crippen LogP contribution is 2.37. The summed E-state index contributed by atoms with van der Waals surface area (Å²) < 4.78 is 16.1. The van der Waals surface area contributed by atoms with E-state index >= 15 is 0 Å². The van der Waals surface area contributed by atoms with Crippen LogP contribution in [0.3, 0.4) is 0 Å². The topological polar surface area (TPSA) is 88.0 Å². The van der Waals surface area contributed by atoms with Crippen molar-refractivity contribution < 1.29 is 19.1 Å². The van der Waals surface area contributed by atoms with Gasteiger partial charge in [-0.2, -0.15) is 5.10 Å². The minimum absolute atomic E-state index is 0.0803. The summed E-state index contributed by atoms with van der Waals surface area (Å²) in [4.78, 5) is 25.1. The number of carbonyl (C=O) groups is 2. The van der Waals surface area contributed by atoms with Gasteiger partial charge >= 0.3 is 5.97 Å². The van der Waals surface area contributed by atoms with Crippen molar-refractivity contribution in [3.05, 3.63) is 81.9 Å². The van der Waals surface area contributed by atoms with Crippen molar-refractivity contribution in [2.24, 2.45) is 0 Å². The lowest BCUT2D eigenvalue weighted by Gasteiger charge is -2.12. The molecule has 8 heteroatoms. The smallest absolute Gasteiger partial charge is 0.353 e. The normalized spacial score (nSPS) is 13.8. The Hall–Kier alpha value is -3.71. The van der Waals surface area contributed by atoms with E-state index in [1.165, 1.54) is 10.6 Å². The molecule has 0 bridgehead atoms. The first kappa shape index (κ1) is 20.2. The summed E-state index contributed by atoms with van der Waals surface area (Å²) >= 11 is 6.47. The highest BCUT2D eigenvalue weighted by molar-refractivity contribution is 6.32. The summed E-state index contributed by atoms with van der Waals surface area (Å²) in [5, 5.41) is 18.8. The maximum atomic E-state index is 14.6. The van der Waals surface area contributed by atoms with Crippen LogP contribution in [0.2, 0.25) is 5.02 Å². The number of carboxylic acid groups (broad SMARTS) is 1. The van der Waals surface area contributed by atoms with Gasteiger partial charge in [-0.3, -0.25) is 9.89 Å². The lowest BCUT2D eigenvalue weighted by Crippen LogP contribution is -2.13. The Morgan fingerprint density at radius 2 is 2.12 bits per heavy atom. The lowest BCUT2D eigenvalue weighted by molar-refractivity contribution is -0.113. The standard InChI is InChI=1S/C24H17ClFN3O3/c1-12-6-16-20(9-18(12)26)29(11-14-7-13-10-27-28-19(13)8-17(14)25)23(24(31)32)22(16)15-4-2-3-5-21(15)30/h2-4,6-10H,5,11H2,1H3,(H,27,28)(H,31,32). The van der Waals surface area contributed by atoms with Gasteiger partial charge in [-0.1, -0.05) is 29.8 Å². The Balaban J connectivity index is 1.82. The van der Waals surface area contributed by atoms with E-state index in [1.807, 2.05) is 6.07 Å². The summed E-state index contributed by atoms with van der Waals surface area (Å²) in [5.41, 5.74) is 2.67. The number of hydrogen-bond acceptors (Lipinski definition) is 3. The largest absolute Gasteiger partial charge is 0.477 e. The molecule has 2 aromatic carbocycles. The van der Waals surface area contributed by atoms with E-state index in [4.69, 9.17) is 11.6 Å². The van der Waals surface area contributed by atoms with Crippen molar-refractivity contribution in [1.82, 2.24) is 14.8 Å². The number of Topliss-reactive ketones (excluding diaryl/α,β-unsaturated/α-hetero) is 1. The number of nitrogens with zero attached hydrogens (tertiary/aromatic N) is 2. The van der Waals surface area contributed by atoms with Gasteiger partial charge in [0.1, 0.15) is 11.5 Å². The van der Waals surface area contributed by atoms with E-state index in [1.54, 1.807) is 43.5 Å². The van der Waals surface area contributed by atoms with Gasteiger partial charge in [-0.25, -0.2) is 9.18 Å². The first-order chi connectivity index (χ1) is 15.3. The second-order valence-corrected chi connectivity index (χ2v) is 8.18. The number of aromatic amines is 1. The molecule has 2 N–H and O–H groups in total. The molecule has 5 rings (SSSR count). The highest BCUT2D eigenvalue weighted by atomic mass is 35.5. The number of ketones is 1. The van der Waals surface area contributed by atoms with Crippen molar-refractivity contribution >= 4 is 50.7 Å². The van der Waals surface area contributed by atoms with Crippen molar-refractivity contribution in [2.75, 3.05) is 0 Å². The molecule has 0 radical (unpaired) electrons. The molecule has 160 valence electrons. The summed E-state index contributed by atoms with van der Waals surface area (Å²) in [6.45, 7) is 1.69. The summed E-state index contributed by atoms with van der Waals surface area (Å²) in [6.07, 6.45) is 6.89. The Morgan fingerprint density at radius 3 is 2.88 bits per heavy atom. The minimum atomic E-state index is -1.21. The number of aromatic nitrogens is 3. The van der Waals surface area contributed by atoms with Crippen LogP contribution in [0.4, 0.5) is 4.39 Å². The quantitative estimate of drug-likeness (QED) is 0.444. The fourth-order valence-electron chi connectivity index (χ4n) is 4.21. The monoisotopic (exact) mass is 449 g/mol. The Labute approximate surface area is 186 Å². The molecule has 1 aliphatic rings. The molecule has 0 atom stereocenters. The summed E-state index contributed by atoms with van der Waals surface area (Å²) in [5.74, 6) is -1.85. The molecule has 0 saturated carbocycles. The van der Waals surface area contributed by atoms with E-state index in [-0.39, 0.29) is 24.4 Å². The molecule has 0 saturated heterocycles. The summed E-state index contributed by atoms with van der Waals surface area (Å²) in [7, 11) is 0. The number of aryl methyl sites for hydroxylation is 1. The van der Waals surface area contributed by atoms with E-state index in [2.05, 4.69) is 10.2 Å². The number of allylic oxidation sites excluding steroid dienone is 4. The molecule has 4 aromatic rings. The van der Waals surface area contributed by atoms with Crippen molar-refractivity contribution in [1.29, 1.82) is 0 Å². The van der Waals surface area contributed by atoms with Crippen LogP contribution in [0.25, 0.3) is 27.4 Å². The molecule has 0 spiro atoms. The molecule has 6 nitrogen and oxygen atoms in total. The van der Waals surface area contributed by atoms with Crippen molar-refractivity contribution in [2.45, 2.75) is 19.9 Å². The number of fused-ring (bicyclic) bond motifs is 2. The third-order valence-electron chi connectivity index (χ3n) is 5.75. The SMILES string of the molecule is Cc1cc2c(C3=CC=CCC3=O)c(C(=O)O)n(Cc3cc4cn[nH]c4cc3Cl)c2cc1F. The van der Waals surface area contributed by atoms with E-state index in [0.717, 1.165) is 10.9 Å². The van der Waals surface area contributed by atoms with E-state index in [9.17, 15) is 19.1 Å². The number of halogens is 2. The molecule has 0 aliphatic heterocycles. The van der Waals surface area contributed by atoms with Crippen molar-refractivity contribution in [3.63, 3.8) is 0 Å². The maximum absolute atomic E-state index is 14.6. The van der Waals surface area contributed by atoms with Gasteiger partial charge in [-0.05, 0) is 42.3 Å². The van der Waals surface area contributed by atoms with E-state index < -0.39 is 11.8 Å². The molecular weight excluding hydrogens is 433 g/mol. The summed E-state index contributed by atoms with van der Waals surface area (Å²) in [6, 6.07) is 6.44. The third kappa shape index (κ3) is 3.13. The maximum Gasteiger partial charge on any atom is 0.353 e. The predicted octanol–water partition coefficient (Wildman–Crippen LogP) is 5.28. The predicted molar refractivity (Wildman–Crippen MR) is 121 cm³/mol. The number of nitrogens with one attached hydrogen (secondary N) is 1. The molecule has 2 heterocycles. The average molecular weight is 450 g/mol. The highest BCUT2D eigenvalue weighted by Gasteiger charge is 2.29. The van der Waals surface area contributed by atoms with Crippen LogP contribution in [0.15, 0.2) is 48.7 Å². The number of H-pyrrole nitrogens is 1. The molecule has 0 fully saturated rings. The molecule has 1 aliphatic carbocycles. The number of benzene rings is 2. The number of carbonyl (C=O) groups excluding carboxylic acids is 1. The van der Waals surface area contributed by atoms with Crippen molar-refractivity contribution in [3.8, 4) is 0 Å². The Kier molecular flexibility index (Phi) is 4.71. The first-order valence-electron chi connectivity index (χ1n) is 9.92. The van der Waals surface area contributed by atoms with Crippen LogP contribution >= 0.6 is 11.6 Å². The fourth-order valence-corrected chi connectivity index (χ4v) is 4.43. The third-order valence-corrected chi connectivity index (χ3v) is 6.11. The van der Waals surface area contributed by atoms with Crippen LogP contribution < -0.4 is 0 Å². The Bertz CT molecular complexity index is 1510. The van der Waals surface area contributed by atoms with Crippen LogP contribution in [0.5, 0.6) is 0 Å². The molecule has 32 heavy (non-hydrogen) atoms. The Morgan fingerprint density at radius 1 is 1.31 bits per heavy atom. The van der Waals surface area contributed by atoms with Gasteiger partial charge in [0.25, 0.3) is 0 Å². The minimum Gasteiger partial charge on any atom is -0.477 e. The van der Waals surface area contributed by atoms with Crippen LogP contribution in [-0.4, -0.2) is 31.6 Å². The van der Waals surface area contributed by atoms with Crippen LogP contribution in [0.1, 0.15) is 33.6 Å². The number of aromatic carboxylic acids is 1. The van der Waals surface area contributed by atoms with Gasteiger partial charge in [0, 0.05) is 39.9 Å². The average Bonchev–Trinajstić information content (AvgIpc) is 3.31. The zero-order valence-electron chi connectivity index (χ0n) is 16.9. The van der Waals surface area contributed by atoms with Gasteiger partial charge < -0.3 is 9.67 Å². The van der Waals surface area contributed by atoms with Gasteiger partial charge in [0.05, 0.1) is 17.2 Å². The zero-order valence-corrected chi connectivity index (χ0v) is 17.7.